The summed E-state index contributed by atoms with van der Waals surface area (Å²) in [4.78, 5) is 0. The molecule has 0 aliphatic carbocycles. The molecule has 24 heavy (non-hydrogen) atoms. The molecule has 2 rings (SSSR count). The second kappa shape index (κ2) is 8.54. The molecule has 1 atom stereocenters. The zero-order chi connectivity index (χ0) is 17.5. The van der Waals surface area contributed by atoms with E-state index < -0.39 is 0 Å². The molecule has 0 fully saturated rings. The third kappa shape index (κ3) is 3.97. The van der Waals surface area contributed by atoms with Gasteiger partial charge in [-0.1, -0.05) is 0 Å². The molecule has 132 valence electrons. The normalized spacial score (nSPS) is 12.0. The quantitative estimate of drug-likeness (QED) is 0.692. The predicted molar refractivity (Wildman–Crippen MR) is 88.7 cm³/mol. The molecule has 0 N–H and O–H groups in total. The Kier molecular flexibility index (Phi) is 6.43. The number of methoxy groups -OCH3 is 1. The standard InChI is InChI=1S/C17H24N2O5/c1-6-21-13-9-12(10-14(22-7-2)15(13)23-8-3)17-19-18-16(24-17)11(4)20-5/h9-11H,6-8H2,1-5H3. The number of hydrogen-bond donors (Lipinski definition) is 0. The largest absolute Gasteiger partial charge is 0.490 e. The maximum Gasteiger partial charge on any atom is 0.248 e. The van der Waals surface area contributed by atoms with Crippen molar-refractivity contribution < 1.29 is 23.4 Å². The lowest BCUT2D eigenvalue weighted by Crippen LogP contribution is -2.03. The fourth-order valence-electron chi connectivity index (χ4n) is 2.13. The lowest BCUT2D eigenvalue weighted by molar-refractivity contribution is 0.0952. The third-order valence-electron chi connectivity index (χ3n) is 3.30. The molecule has 1 unspecified atom stereocenters. The van der Waals surface area contributed by atoms with Crippen LogP contribution in [0.1, 0.15) is 39.7 Å². The van der Waals surface area contributed by atoms with E-state index >= 15 is 0 Å². The minimum atomic E-state index is -0.272. The number of nitrogens with zero attached hydrogens (tertiary/aromatic N) is 2. The summed E-state index contributed by atoms with van der Waals surface area (Å²) in [6.45, 7) is 9.09. The number of hydrogen-bond acceptors (Lipinski definition) is 7. The SMILES string of the molecule is CCOc1cc(-c2nnc(C(C)OC)o2)cc(OCC)c1OCC. The molecule has 1 heterocycles. The number of benzene rings is 1. The fraction of sp³-hybridized carbons (Fsp3) is 0.529. The summed E-state index contributed by atoms with van der Waals surface area (Å²) in [6.07, 6.45) is -0.272. The van der Waals surface area contributed by atoms with E-state index in [1.54, 1.807) is 7.11 Å². The molecule has 2 aromatic rings. The van der Waals surface area contributed by atoms with Crippen LogP contribution in [0.25, 0.3) is 11.5 Å². The number of rotatable bonds is 9. The molecular formula is C17H24N2O5. The fourth-order valence-corrected chi connectivity index (χ4v) is 2.13. The summed E-state index contributed by atoms with van der Waals surface area (Å²) in [5.41, 5.74) is 0.701. The monoisotopic (exact) mass is 336 g/mol. The van der Waals surface area contributed by atoms with Crippen LogP contribution in [0.5, 0.6) is 17.2 Å². The number of ether oxygens (including phenoxy) is 4. The molecule has 0 bridgehead atoms. The summed E-state index contributed by atoms with van der Waals surface area (Å²) >= 11 is 0. The molecule has 1 aromatic carbocycles. The molecule has 0 saturated heterocycles. The van der Waals surface area contributed by atoms with Crippen LogP contribution in [0, 0.1) is 0 Å². The van der Waals surface area contributed by atoms with E-state index in [4.69, 9.17) is 23.4 Å². The molecule has 0 amide bonds. The summed E-state index contributed by atoms with van der Waals surface area (Å²) in [5.74, 6) is 2.53. The van der Waals surface area contributed by atoms with E-state index in [2.05, 4.69) is 10.2 Å². The van der Waals surface area contributed by atoms with E-state index in [0.717, 1.165) is 0 Å². The summed E-state index contributed by atoms with van der Waals surface area (Å²) in [5, 5.41) is 8.10. The van der Waals surface area contributed by atoms with Crippen molar-refractivity contribution in [3.05, 3.63) is 18.0 Å². The van der Waals surface area contributed by atoms with Crippen LogP contribution in [0.4, 0.5) is 0 Å². The lowest BCUT2D eigenvalue weighted by Gasteiger charge is -2.16. The van der Waals surface area contributed by atoms with Gasteiger partial charge in [-0.3, -0.25) is 0 Å². The van der Waals surface area contributed by atoms with E-state index in [-0.39, 0.29) is 6.10 Å². The number of aromatic nitrogens is 2. The molecule has 0 saturated carbocycles. The minimum absolute atomic E-state index is 0.272. The molecule has 0 aliphatic heterocycles. The van der Waals surface area contributed by atoms with Crippen molar-refractivity contribution in [1.82, 2.24) is 10.2 Å². The zero-order valence-corrected chi connectivity index (χ0v) is 14.8. The van der Waals surface area contributed by atoms with Crippen LogP contribution < -0.4 is 14.2 Å². The van der Waals surface area contributed by atoms with Gasteiger partial charge < -0.3 is 23.4 Å². The van der Waals surface area contributed by atoms with Gasteiger partial charge in [0.1, 0.15) is 6.10 Å². The Morgan fingerprint density at radius 2 is 1.54 bits per heavy atom. The third-order valence-corrected chi connectivity index (χ3v) is 3.30. The summed E-state index contributed by atoms with van der Waals surface area (Å²) in [6, 6.07) is 3.62. The van der Waals surface area contributed by atoms with Gasteiger partial charge in [0.15, 0.2) is 11.5 Å². The van der Waals surface area contributed by atoms with Gasteiger partial charge in [0, 0.05) is 12.7 Å². The molecule has 1 aromatic heterocycles. The smallest absolute Gasteiger partial charge is 0.248 e. The molecule has 0 spiro atoms. The highest BCUT2D eigenvalue weighted by atomic mass is 16.5. The van der Waals surface area contributed by atoms with Gasteiger partial charge in [-0.2, -0.15) is 0 Å². The van der Waals surface area contributed by atoms with Gasteiger partial charge in [-0.15, -0.1) is 10.2 Å². The van der Waals surface area contributed by atoms with Gasteiger partial charge in [-0.25, -0.2) is 0 Å². The molecule has 0 radical (unpaired) electrons. The van der Waals surface area contributed by atoms with Gasteiger partial charge in [0.25, 0.3) is 0 Å². The first-order valence-corrected chi connectivity index (χ1v) is 8.07. The Hall–Kier alpha value is -2.28. The first kappa shape index (κ1) is 18.1. The average molecular weight is 336 g/mol. The Bertz CT molecular complexity index is 629. The van der Waals surface area contributed by atoms with E-state index in [1.165, 1.54) is 0 Å². The summed E-state index contributed by atoms with van der Waals surface area (Å²) < 4.78 is 28.0. The van der Waals surface area contributed by atoms with Crippen LogP contribution in [0.2, 0.25) is 0 Å². The van der Waals surface area contributed by atoms with Crippen molar-refractivity contribution in [3.63, 3.8) is 0 Å². The molecule has 0 aliphatic rings. The predicted octanol–water partition coefficient (Wildman–Crippen LogP) is 3.64. The van der Waals surface area contributed by atoms with Gasteiger partial charge >= 0.3 is 0 Å². The molecule has 7 nitrogen and oxygen atoms in total. The Morgan fingerprint density at radius 1 is 0.958 bits per heavy atom. The van der Waals surface area contributed by atoms with Gasteiger partial charge in [0.2, 0.25) is 17.5 Å². The maximum absolute atomic E-state index is 5.69. The highest BCUT2D eigenvalue weighted by Crippen LogP contribution is 2.41. The zero-order valence-electron chi connectivity index (χ0n) is 14.8. The van der Waals surface area contributed by atoms with Crippen molar-refractivity contribution in [3.8, 4) is 28.7 Å². The Morgan fingerprint density at radius 3 is 2.04 bits per heavy atom. The topological polar surface area (TPSA) is 75.8 Å². The first-order chi connectivity index (χ1) is 11.6. The van der Waals surface area contributed by atoms with Crippen LogP contribution >= 0.6 is 0 Å². The Labute approximate surface area is 141 Å². The van der Waals surface area contributed by atoms with Gasteiger partial charge in [-0.05, 0) is 39.8 Å². The van der Waals surface area contributed by atoms with Crippen molar-refractivity contribution in [2.24, 2.45) is 0 Å². The highest BCUT2D eigenvalue weighted by Gasteiger charge is 2.20. The Balaban J connectivity index is 2.47. The minimum Gasteiger partial charge on any atom is -0.490 e. The average Bonchev–Trinajstić information content (AvgIpc) is 3.07. The van der Waals surface area contributed by atoms with Crippen molar-refractivity contribution in [2.45, 2.75) is 33.8 Å². The first-order valence-electron chi connectivity index (χ1n) is 8.07. The highest BCUT2D eigenvalue weighted by molar-refractivity contribution is 5.65. The van der Waals surface area contributed by atoms with Crippen LogP contribution in [0.3, 0.4) is 0 Å². The second-order valence-corrected chi connectivity index (χ2v) is 4.92. The van der Waals surface area contributed by atoms with Crippen molar-refractivity contribution in [2.75, 3.05) is 26.9 Å². The second-order valence-electron chi connectivity index (χ2n) is 4.92. The van der Waals surface area contributed by atoms with E-state index in [1.807, 2.05) is 39.8 Å². The van der Waals surface area contributed by atoms with Crippen molar-refractivity contribution in [1.29, 1.82) is 0 Å². The van der Waals surface area contributed by atoms with Crippen LogP contribution in [-0.2, 0) is 4.74 Å². The van der Waals surface area contributed by atoms with Crippen molar-refractivity contribution >= 4 is 0 Å². The van der Waals surface area contributed by atoms with E-state index in [9.17, 15) is 0 Å². The van der Waals surface area contributed by atoms with Crippen LogP contribution in [-0.4, -0.2) is 37.1 Å². The molecule has 7 heteroatoms. The van der Waals surface area contributed by atoms with Gasteiger partial charge in [0.05, 0.1) is 19.8 Å². The van der Waals surface area contributed by atoms with Crippen LogP contribution in [0.15, 0.2) is 16.5 Å². The summed E-state index contributed by atoms with van der Waals surface area (Å²) in [7, 11) is 1.59. The maximum atomic E-state index is 5.69. The molecular weight excluding hydrogens is 312 g/mol. The van der Waals surface area contributed by atoms with E-state index in [0.29, 0.717) is 54.4 Å². The lowest BCUT2D eigenvalue weighted by atomic mass is 10.2.